The van der Waals surface area contributed by atoms with Crippen LogP contribution in [-0.4, -0.2) is 25.7 Å². The van der Waals surface area contributed by atoms with E-state index < -0.39 is 5.91 Å². The highest BCUT2D eigenvalue weighted by Gasteiger charge is 2.15. The third-order valence-electron chi connectivity index (χ3n) is 2.86. The molecule has 1 amide bonds. The number of hydrogen-bond acceptors (Lipinski definition) is 3. The van der Waals surface area contributed by atoms with E-state index in [9.17, 15) is 4.79 Å². The van der Waals surface area contributed by atoms with Gasteiger partial charge in [0.1, 0.15) is 0 Å². The quantitative estimate of drug-likeness (QED) is 0.862. The van der Waals surface area contributed by atoms with Crippen LogP contribution in [0.5, 0.6) is 0 Å². The molecule has 0 saturated carbocycles. The summed E-state index contributed by atoms with van der Waals surface area (Å²) in [5, 5.41) is 3.82. The Hall–Kier alpha value is -1.26. The first-order chi connectivity index (χ1) is 8.16. The van der Waals surface area contributed by atoms with Gasteiger partial charge in [0, 0.05) is 24.6 Å². The number of primary amides is 1. The van der Waals surface area contributed by atoms with Gasteiger partial charge in [0.15, 0.2) is 0 Å². The molecule has 1 aliphatic rings. The van der Waals surface area contributed by atoms with Crippen LogP contribution < -0.4 is 11.1 Å². The monoisotopic (exact) mass is 254 g/mol. The lowest BCUT2D eigenvalue weighted by atomic mass is 10.1. The van der Waals surface area contributed by atoms with Crippen molar-refractivity contribution in [1.82, 2.24) is 0 Å². The standard InChI is InChI=1S/C12H15ClN2O2/c13-10-2-1-9(12(14)16)5-11(10)15-6-8-3-4-17-7-8/h1-2,5,8,15H,3-4,6-7H2,(H2,14,16). The second-order valence-electron chi connectivity index (χ2n) is 4.17. The summed E-state index contributed by atoms with van der Waals surface area (Å²) in [5.74, 6) is 0.0530. The molecule has 0 spiro atoms. The van der Waals surface area contributed by atoms with Gasteiger partial charge in [0.25, 0.3) is 0 Å². The van der Waals surface area contributed by atoms with E-state index in [1.807, 2.05) is 0 Å². The van der Waals surface area contributed by atoms with Gasteiger partial charge in [-0.25, -0.2) is 0 Å². The normalized spacial score (nSPS) is 19.2. The molecular formula is C12H15ClN2O2. The minimum atomic E-state index is -0.450. The van der Waals surface area contributed by atoms with Gasteiger partial charge in [0.2, 0.25) is 5.91 Å². The van der Waals surface area contributed by atoms with Gasteiger partial charge < -0.3 is 15.8 Å². The second kappa shape index (κ2) is 5.38. The molecule has 1 atom stereocenters. The van der Waals surface area contributed by atoms with E-state index >= 15 is 0 Å². The predicted molar refractivity (Wildman–Crippen MR) is 67.4 cm³/mol. The zero-order chi connectivity index (χ0) is 12.3. The second-order valence-corrected chi connectivity index (χ2v) is 4.58. The van der Waals surface area contributed by atoms with Crippen LogP contribution in [0.2, 0.25) is 5.02 Å². The van der Waals surface area contributed by atoms with Crippen molar-refractivity contribution < 1.29 is 9.53 Å². The molecule has 1 unspecified atom stereocenters. The van der Waals surface area contributed by atoms with Crippen molar-refractivity contribution in [3.63, 3.8) is 0 Å². The maximum atomic E-state index is 11.1. The Morgan fingerprint density at radius 3 is 3.06 bits per heavy atom. The third-order valence-corrected chi connectivity index (χ3v) is 3.19. The van der Waals surface area contributed by atoms with E-state index in [4.69, 9.17) is 22.1 Å². The fourth-order valence-corrected chi connectivity index (χ4v) is 2.00. The van der Waals surface area contributed by atoms with E-state index in [1.54, 1.807) is 18.2 Å². The van der Waals surface area contributed by atoms with Gasteiger partial charge in [0.05, 0.1) is 17.3 Å². The van der Waals surface area contributed by atoms with Gasteiger partial charge in [-0.05, 0) is 24.6 Å². The number of carbonyl (C=O) groups is 1. The van der Waals surface area contributed by atoms with E-state index in [0.29, 0.717) is 16.5 Å². The van der Waals surface area contributed by atoms with Crippen molar-refractivity contribution in [2.45, 2.75) is 6.42 Å². The molecule has 2 rings (SSSR count). The molecule has 0 bridgehead atoms. The van der Waals surface area contributed by atoms with Gasteiger partial charge in [-0.3, -0.25) is 4.79 Å². The summed E-state index contributed by atoms with van der Waals surface area (Å²) in [5.41, 5.74) is 6.42. The van der Waals surface area contributed by atoms with Crippen molar-refractivity contribution in [3.8, 4) is 0 Å². The van der Waals surface area contributed by atoms with E-state index in [0.717, 1.165) is 31.9 Å². The minimum Gasteiger partial charge on any atom is -0.383 e. The summed E-state index contributed by atoms with van der Waals surface area (Å²) < 4.78 is 5.29. The Morgan fingerprint density at radius 2 is 2.41 bits per heavy atom. The van der Waals surface area contributed by atoms with Crippen LogP contribution in [0.4, 0.5) is 5.69 Å². The van der Waals surface area contributed by atoms with Crippen LogP contribution in [0.25, 0.3) is 0 Å². The van der Waals surface area contributed by atoms with E-state index in [-0.39, 0.29) is 0 Å². The average molecular weight is 255 g/mol. The first-order valence-electron chi connectivity index (χ1n) is 5.58. The molecule has 0 radical (unpaired) electrons. The fourth-order valence-electron chi connectivity index (χ4n) is 1.81. The Balaban J connectivity index is 2.03. The molecule has 0 aliphatic carbocycles. The van der Waals surface area contributed by atoms with Crippen molar-refractivity contribution in [3.05, 3.63) is 28.8 Å². The minimum absolute atomic E-state index is 0.450. The van der Waals surface area contributed by atoms with Crippen LogP contribution in [0.1, 0.15) is 16.8 Å². The first kappa shape index (κ1) is 12.2. The molecule has 0 aromatic heterocycles. The number of rotatable bonds is 4. The lowest BCUT2D eigenvalue weighted by molar-refractivity contribution is 0.100. The molecule has 1 fully saturated rings. The Kier molecular flexibility index (Phi) is 3.86. The Bertz CT molecular complexity index is 417. The van der Waals surface area contributed by atoms with E-state index in [1.165, 1.54) is 0 Å². The zero-order valence-electron chi connectivity index (χ0n) is 9.41. The smallest absolute Gasteiger partial charge is 0.248 e. The molecule has 3 N–H and O–H groups in total. The highest BCUT2D eigenvalue weighted by atomic mass is 35.5. The molecule has 92 valence electrons. The third kappa shape index (κ3) is 3.11. The van der Waals surface area contributed by atoms with Crippen LogP contribution in [0, 0.1) is 5.92 Å². The molecular weight excluding hydrogens is 240 g/mol. The summed E-state index contributed by atoms with van der Waals surface area (Å²) in [7, 11) is 0. The van der Waals surface area contributed by atoms with Crippen LogP contribution in [0.3, 0.4) is 0 Å². The summed E-state index contributed by atoms with van der Waals surface area (Å²) in [6, 6.07) is 4.98. The summed E-state index contributed by atoms with van der Waals surface area (Å²) >= 11 is 6.04. The molecule has 5 heteroatoms. The van der Waals surface area contributed by atoms with Gasteiger partial charge in [-0.2, -0.15) is 0 Å². The SMILES string of the molecule is NC(=O)c1ccc(Cl)c(NCC2CCOC2)c1. The first-order valence-corrected chi connectivity index (χ1v) is 5.95. The number of halogens is 1. The molecule has 17 heavy (non-hydrogen) atoms. The topological polar surface area (TPSA) is 64.4 Å². The molecule has 1 aromatic rings. The molecule has 1 saturated heterocycles. The van der Waals surface area contributed by atoms with Crippen molar-refractivity contribution in [2.24, 2.45) is 11.7 Å². The van der Waals surface area contributed by atoms with Crippen LogP contribution >= 0.6 is 11.6 Å². The number of hydrogen-bond donors (Lipinski definition) is 2. The highest BCUT2D eigenvalue weighted by molar-refractivity contribution is 6.33. The van der Waals surface area contributed by atoms with Gasteiger partial charge >= 0.3 is 0 Å². The summed E-state index contributed by atoms with van der Waals surface area (Å²) in [6.07, 6.45) is 1.06. The molecule has 1 aliphatic heterocycles. The molecule has 1 aromatic carbocycles. The summed E-state index contributed by atoms with van der Waals surface area (Å²) in [6.45, 7) is 2.39. The Labute approximate surface area is 105 Å². The number of nitrogens with one attached hydrogen (secondary N) is 1. The number of carbonyl (C=O) groups excluding carboxylic acids is 1. The van der Waals surface area contributed by atoms with Crippen molar-refractivity contribution >= 4 is 23.2 Å². The number of anilines is 1. The maximum absolute atomic E-state index is 11.1. The lowest BCUT2D eigenvalue weighted by Gasteiger charge is -2.12. The number of nitrogens with two attached hydrogens (primary N) is 1. The molecule has 4 nitrogen and oxygen atoms in total. The molecule has 1 heterocycles. The highest BCUT2D eigenvalue weighted by Crippen LogP contribution is 2.24. The van der Waals surface area contributed by atoms with Gasteiger partial charge in [-0.1, -0.05) is 11.6 Å². The zero-order valence-corrected chi connectivity index (χ0v) is 10.2. The fraction of sp³-hybridized carbons (Fsp3) is 0.417. The van der Waals surface area contributed by atoms with Crippen LogP contribution in [-0.2, 0) is 4.74 Å². The maximum Gasteiger partial charge on any atom is 0.248 e. The summed E-state index contributed by atoms with van der Waals surface area (Å²) in [4.78, 5) is 11.1. The van der Waals surface area contributed by atoms with Gasteiger partial charge in [-0.15, -0.1) is 0 Å². The number of benzene rings is 1. The average Bonchev–Trinajstić information content (AvgIpc) is 2.80. The predicted octanol–water partition coefficient (Wildman–Crippen LogP) is 1.89. The van der Waals surface area contributed by atoms with Crippen molar-refractivity contribution in [1.29, 1.82) is 0 Å². The largest absolute Gasteiger partial charge is 0.383 e. The van der Waals surface area contributed by atoms with Crippen molar-refractivity contribution in [2.75, 3.05) is 25.1 Å². The number of ether oxygens (including phenoxy) is 1. The van der Waals surface area contributed by atoms with E-state index in [2.05, 4.69) is 5.32 Å². The lowest BCUT2D eigenvalue weighted by Crippen LogP contribution is -2.15. The number of amides is 1. The Morgan fingerprint density at radius 1 is 1.59 bits per heavy atom. The van der Waals surface area contributed by atoms with Crippen LogP contribution in [0.15, 0.2) is 18.2 Å².